The quantitative estimate of drug-likeness (QED) is 0.670. The summed E-state index contributed by atoms with van der Waals surface area (Å²) in [5.41, 5.74) is -0.0829. The number of aromatic hydroxyl groups is 1. The first kappa shape index (κ1) is 9.77. The van der Waals surface area contributed by atoms with Crippen molar-refractivity contribution in [3.8, 4) is 5.75 Å². The topological polar surface area (TPSA) is 55.1 Å². The second-order valence-electron chi connectivity index (χ2n) is 4.03. The van der Waals surface area contributed by atoms with Gasteiger partial charge in [-0.3, -0.25) is 9.48 Å². The van der Waals surface area contributed by atoms with Crippen molar-refractivity contribution in [1.82, 2.24) is 9.78 Å². The van der Waals surface area contributed by atoms with E-state index in [2.05, 4.69) is 5.10 Å². The Kier molecular flexibility index (Phi) is 2.15. The summed E-state index contributed by atoms with van der Waals surface area (Å²) in [6, 6.07) is 0. The smallest absolute Gasteiger partial charge is 0.183 e. The molecule has 72 valence electrons. The third-order valence-electron chi connectivity index (χ3n) is 1.72. The Hall–Kier alpha value is -1.32. The van der Waals surface area contributed by atoms with E-state index < -0.39 is 0 Å². The monoisotopic (exact) mass is 182 g/mol. The molecule has 0 spiro atoms. The van der Waals surface area contributed by atoms with Gasteiger partial charge in [-0.2, -0.15) is 5.10 Å². The molecule has 0 radical (unpaired) electrons. The molecule has 0 unspecified atom stereocenters. The molecule has 0 fully saturated rings. The number of Topliss-reactive ketones (excluding diaryl/α,β-unsaturated/α-hetero) is 1. The molecule has 0 aliphatic heterocycles. The second-order valence-corrected chi connectivity index (χ2v) is 4.03. The summed E-state index contributed by atoms with van der Waals surface area (Å²) in [6.45, 7) is 7.23. The first-order chi connectivity index (χ1) is 5.82. The van der Waals surface area contributed by atoms with Crippen molar-refractivity contribution in [3.63, 3.8) is 0 Å². The summed E-state index contributed by atoms with van der Waals surface area (Å²) in [4.78, 5) is 11.0. The van der Waals surface area contributed by atoms with Gasteiger partial charge in [-0.15, -0.1) is 0 Å². The van der Waals surface area contributed by atoms with E-state index >= 15 is 0 Å². The van der Waals surface area contributed by atoms with Crippen molar-refractivity contribution < 1.29 is 9.90 Å². The largest absolute Gasteiger partial charge is 0.504 e. The Labute approximate surface area is 77.2 Å². The van der Waals surface area contributed by atoms with Crippen molar-refractivity contribution >= 4 is 5.78 Å². The molecule has 0 amide bonds. The van der Waals surface area contributed by atoms with Gasteiger partial charge in [0, 0.05) is 6.92 Å². The lowest BCUT2D eigenvalue weighted by Gasteiger charge is -2.18. The van der Waals surface area contributed by atoms with Crippen molar-refractivity contribution in [2.45, 2.75) is 33.2 Å². The lowest BCUT2D eigenvalue weighted by Crippen LogP contribution is -2.22. The molecule has 1 heterocycles. The Morgan fingerprint density at radius 3 is 2.31 bits per heavy atom. The molecule has 4 nitrogen and oxygen atoms in total. The van der Waals surface area contributed by atoms with Crippen molar-refractivity contribution in [2.24, 2.45) is 0 Å². The summed E-state index contributed by atoms with van der Waals surface area (Å²) in [5, 5.41) is 13.4. The lowest BCUT2D eigenvalue weighted by atomic mass is 10.1. The predicted molar refractivity (Wildman–Crippen MR) is 48.9 cm³/mol. The van der Waals surface area contributed by atoms with Crippen LogP contribution in [-0.2, 0) is 5.54 Å². The molecule has 1 N–H and O–H groups in total. The Balaban J connectivity index is 3.17. The van der Waals surface area contributed by atoms with Crippen LogP contribution >= 0.6 is 0 Å². The van der Waals surface area contributed by atoms with E-state index in [-0.39, 0.29) is 22.8 Å². The number of rotatable bonds is 1. The van der Waals surface area contributed by atoms with Crippen LogP contribution in [0.2, 0.25) is 0 Å². The van der Waals surface area contributed by atoms with Crippen LogP contribution in [0.3, 0.4) is 0 Å². The highest BCUT2D eigenvalue weighted by atomic mass is 16.3. The number of ketones is 1. The molecule has 1 aromatic rings. The molecule has 0 saturated carbocycles. The maximum absolute atomic E-state index is 11.0. The number of carbonyl (C=O) groups is 1. The van der Waals surface area contributed by atoms with Gasteiger partial charge in [0.25, 0.3) is 0 Å². The summed E-state index contributed by atoms with van der Waals surface area (Å²) in [7, 11) is 0. The summed E-state index contributed by atoms with van der Waals surface area (Å²) in [5.74, 6) is -0.275. The number of hydrogen-bond acceptors (Lipinski definition) is 3. The lowest BCUT2D eigenvalue weighted by molar-refractivity contribution is 0.100. The first-order valence-electron chi connectivity index (χ1n) is 4.12. The minimum atomic E-state index is -0.222. The Morgan fingerprint density at radius 2 is 2.08 bits per heavy atom. The van der Waals surface area contributed by atoms with Gasteiger partial charge in [0.1, 0.15) is 0 Å². The van der Waals surface area contributed by atoms with Crippen LogP contribution in [-0.4, -0.2) is 20.7 Å². The van der Waals surface area contributed by atoms with Gasteiger partial charge >= 0.3 is 0 Å². The second kappa shape index (κ2) is 2.87. The normalized spacial score (nSPS) is 11.7. The average Bonchev–Trinajstić information content (AvgIpc) is 2.29. The molecule has 0 aliphatic rings. The standard InChI is InChI=1S/C9H14N2O2/c1-6(12)8-7(13)5-11(10-8)9(2,3)4/h5,13H,1-4H3. The maximum atomic E-state index is 11.0. The molecule has 0 atom stereocenters. The van der Waals surface area contributed by atoms with Gasteiger partial charge in [-0.25, -0.2) is 0 Å². The van der Waals surface area contributed by atoms with Gasteiger partial charge in [0.15, 0.2) is 17.2 Å². The van der Waals surface area contributed by atoms with Gasteiger partial charge in [-0.1, -0.05) is 0 Å². The number of nitrogens with zero attached hydrogens (tertiary/aromatic N) is 2. The van der Waals surface area contributed by atoms with Crippen LogP contribution < -0.4 is 0 Å². The van der Waals surface area contributed by atoms with Crippen LogP contribution in [0.15, 0.2) is 6.20 Å². The molecular weight excluding hydrogens is 168 g/mol. The van der Waals surface area contributed by atoms with E-state index in [1.807, 2.05) is 20.8 Å². The molecule has 1 aromatic heterocycles. The van der Waals surface area contributed by atoms with Crippen molar-refractivity contribution in [2.75, 3.05) is 0 Å². The van der Waals surface area contributed by atoms with Crippen LogP contribution in [0.1, 0.15) is 38.2 Å². The van der Waals surface area contributed by atoms with E-state index in [4.69, 9.17) is 0 Å². The van der Waals surface area contributed by atoms with Crippen LogP contribution in [0.5, 0.6) is 5.75 Å². The Morgan fingerprint density at radius 1 is 1.54 bits per heavy atom. The summed E-state index contributed by atoms with van der Waals surface area (Å²) < 4.78 is 1.58. The van der Waals surface area contributed by atoms with Crippen LogP contribution in [0.4, 0.5) is 0 Å². The molecule has 0 aromatic carbocycles. The molecule has 13 heavy (non-hydrogen) atoms. The highest BCUT2D eigenvalue weighted by Crippen LogP contribution is 2.20. The van der Waals surface area contributed by atoms with Crippen molar-refractivity contribution in [3.05, 3.63) is 11.9 Å². The maximum Gasteiger partial charge on any atom is 0.183 e. The fraction of sp³-hybridized carbons (Fsp3) is 0.556. The van der Waals surface area contributed by atoms with E-state index in [0.29, 0.717) is 0 Å². The molecular formula is C9H14N2O2. The fourth-order valence-corrected chi connectivity index (χ4v) is 0.959. The Bertz CT molecular complexity index is 334. The molecule has 0 aliphatic carbocycles. The minimum Gasteiger partial charge on any atom is -0.504 e. The summed E-state index contributed by atoms with van der Waals surface area (Å²) >= 11 is 0. The van der Waals surface area contributed by atoms with Gasteiger partial charge in [0.2, 0.25) is 0 Å². The fourth-order valence-electron chi connectivity index (χ4n) is 0.959. The van der Waals surface area contributed by atoms with Crippen LogP contribution in [0, 0.1) is 0 Å². The number of carbonyl (C=O) groups excluding carboxylic acids is 1. The molecule has 0 bridgehead atoms. The minimum absolute atomic E-state index is 0.0533. The third kappa shape index (κ3) is 1.88. The number of aromatic nitrogens is 2. The highest BCUT2D eigenvalue weighted by molar-refractivity contribution is 5.94. The SMILES string of the molecule is CC(=O)c1nn(C(C)(C)C)cc1O. The van der Waals surface area contributed by atoms with Gasteiger partial charge in [-0.05, 0) is 20.8 Å². The number of hydrogen-bond donors (Lipinski definition) is 1. The van der Waals surface area contributed by atoms with E-state index in [1.165, 1.54) is 13.1 Å². The van der Waals surface area contributed by atoms with Crippen molar-refractivity contribution in [1.29, 1.82) is 0 Å². The molecule has 0 saturated heterocycles. The molecule has 1 rings (SSSR count). The zero-order valence-electron chi connectivity index (χ0n) is 8.33. The highest BCUT2D eigenvalue weighted by Gasteiger charge is 2.19. The van der Waals surface area contributed by atoms with E-state index in [0.717, 1.165) is 0 Å². The van der Waals surface area contributed by atoms with Gasteiger partial charge < -0.3 is 5.11 Å². The first-order valence-corrected chi connectivity index (χ1v) is 4.12. The third-order valence-corrected chi connectivity index (χ3v) is 1.72. The van der Waals surface area contributed by atoms with E-state index in [9.17, 15) is 9.90 Å². The molecule has 4 heteroatoms. The van der Waals surface area contributed by atoms with E-state index in [1.54, 1.807) is 4.68 Å². The average molecular weight is 182 g/mol. The zero-order chi connectivity index (χ0) is 10.2. The van der Waals surface area contributed by atoms with Crippen LogP contribution in [0.25, 0.3) is 0 Å². The predicted octanol–water partition coefficient (Wildman–Crippen LogP) is 1.55. The van der Waals surface area contributed by atoms with Gasteiger partial charge in [0.05, 0.1) is 11.7 Å². The zero-order valence-corrected chi connectivity index (χ0v) is 8.33. The summed E-state index contributed by atoms with van der Waals surface area (Å²) in [6.07, 6.45) is 1.47.